The highest BCUT2D eigenvalue weighted by Gasteiger charge is 2.30. The predicted molar refractivity (Wildman–Crippen MR) is 138 cm³/mol. The van der Waals surface area contributed by atoms with Crippen LogP contribution in [0.25, 0.3) is 0 Å². The fourth-order valence-corrected chi connectivity index (χ4v) is 4.51. The van der Waals surface area contributed by atoms with Crippen LogP contribution < -0.4 is 5.32 Å². The molecule has 35 heavy (non-hydrogen) atoms. The van der Waals surface area contributed by atoms with Crippen molar-refractivity contribution in [3.8, 4) is 0 Å². The van der Waals surface area contributed by atoms with Crippen LogP contribution in [-0.2, 0) is 33.7 Å². The number of aryl methyl sites for hydroxylation is 1. The molecule has 1 heterocycles. The number of carbonyl (C=O) groups excluding carboxylic acids is 2. The van der Waals surface area contributed by atoms with E-state index < -0.39 is 6.04 Å². The second-order valence-electron chi connectivity index (χ2n) is 9.08. The van der Waals surface area contributed by atoms with Gasteiger partial charge in [-0.1, -0.05) is 91.0 Å². The van der Waals surface area contributed by atoms with Gasteiger partial charge in [-0.15, -0.1) is 0 Å². The Morgan fingerprint density at radius 3 is 2.06 bits per heavy atom. The van der Waals surface area contributed by atoms with E-state index in [1.165, 1.54) is 0 Å². The topological polar surface area (TPSA) is 58.6 Å². The molecular weight excluding hydrogens is 436 g/mol. The minimum absolute atomic E-state index is 0.0223. The highest BCUT2D eigenvalue weighted by molar-refractivity contribution is 5.88. The molecule has 1 N–H and O–H groups in total. The van der Waals surface area contributed by atoms with Gasteiger partial charge in [0.15, 0.2) is 0 Å². The zero-order chi connectivity index (χ0) is 24.3. The molecule has 2 atom stereocenters. The van der Waals surface area contributed by atoms with Crippen LogP contribution >= 0.6 is 0 Å². The number of nitrogens with zero attached hydrogens (tertiary/aromatic N) is 1. The quantitative estimate of drug-likeness (QED) is 0.447. The molecule has 0 unspecified atom stereocenters. The molecule has 0 radical (unpaired) electrons. The fraction of sp³-hybridized carbons (Fsp3) is 0.333. The van der Waals surface area contributed by atoms with Crippen molar-refractivity contribution in [2.45, 2.75) is 50.8 Å². The van der Waals surface area contributed by atoms with E-state index in [1.807, 2.05) is 91.0 Å². The predicted octanol–water partition coefficient (Wildman–Crippen LogP) is 4.55. The molecule has 0 bridgehead atoms. The summed E-state index contributed by atoms with van der Waals surface area (Å²) in [6.45, 7) is 1.60. The summed E-state index contributed by atoms with van der Waals surface area (Å²) < 4.78 is 5.70. The van der Waals surface area contributed by atoms with E-state index >= 15 is 0 Å². The summed E-state index contributed by atoms with van der Waals surface area (Å²) in [4.78, 5) is 29.0. The second kappa shape index (κ2) is 12.9. The largest absolute Gasteiger partial charge is 0.376 e. The zero-order valence-electron chi connectivity index (χ0n) is 20.1. The molecule has 1 aliphatic heterocycles. The highest BCUT2D eigenvalue weighted by atomic mass is 16.5. The lowest BCUT2D eigenvalue weighted by molar-refractivity contribution is -0.141. The van der Waals surface area contributed by atoms with Gasteiger partial charge in [-0.05, 0) is 36.0 Å². The third-order valence-electron chi connectivity index (χ3n) is 6.47. The standard InChI is InChI=1S/C30H34N2O3/c33-29(19-18-24-11-4-1-5-12-24)32(23-26-15-8-3-9-16-26)28(21-25-13-6-2-7-14-25)30(34)31-22-27-17-10-20-35-27/h1-9,11-16,27-28H,10,17-23H2,(H,31,34)/t27-,28-/m1/s1. The number of hydrogen-bond acceptors (Lipinski definition) is 3. The molecule has 1 fully saturated rings. The zero-order valence-corrected chi connectivity index (χ0v) is 20.1. The smallest absolute Gasteiger partial charge is 0.243 e. The molecule has 0 spiro atoms. The maximum Gasteiger partial charge on any atom is 0.243 e. The van der Waals surface area contributed by atoms with Crippen LogP contribution in [0.15, 0.2) is 91.0 Å². The Balaban J connectivity index is 1.56. The van der Waals surface area contributed by atoms with Crippen molar-refractivity contribution in [1.82, 2.24) is 10.2 Å². The molecule has 0 saturated carbocycles. The Kier molecular flexibility index (Phi) is 9.07. The number of benzene rings is 3. The number of hydrogen-bond donors (Lipinski definition) is 1. The molecule has 1 aliphatic rings. The van der Waals surface area contributed by atoms with E-state index in [0.29, 0.717) is 32.4 Å². The molecule has 5 heteroatoms. The van der Waals surface area contributed by atoms with Crippen molar-refractivity contribution >= 4 is 11.8 Å². The van der Waals surface area contributed by atoms with Crippen LogP contribution in [0.4, 0.5) is 0 Å². The van der Waals surface area contributed by atoms with Gasteiger partial charge in [0, 0.05) is 32.5 Å². The third kappa shape index (κ3) is 7.52. The maximum atomic E-state index is 13.6. The van der Waals surface area contributed by atoms with Crippen molar-refractivity contribution < 1.29 is 14.3 Å². The summed E-state index contributed by atoms with van der Waals surface area (Å²) in [5, 5.41) is 3.08. The van der Waals surface area contributed by atoms with Gasteiger partial charge in [-0.3, -0.25) is 9.59 Å². The maximum absolute atomic E-state index is 13.6. The molecule has 182 valence electrons. The minimum atomic E-state index is -0.609. The number of rotatable bonds is 11. The fourth-order valence-electron chi connectivity index (χ4n) is 4.51. The van der Waals surface area contributed by atoms with Gasteiger partial charge in [0.05, 0.1) is 6.10 Å². The Hall–Kier alpha value is -3.44. The Bertz CT molecular complexity index is 1050. The van der Waals surface area contributed by atoms with Crippen LogP contribution in [0.2, 0.25) is 0 Å². The van der Waals surface area contributed by atoms with Gasteiger partial charge in [0.2, 0.25) is 11.8 Å². The summed E-state index contributed by atoms with van der Waals surface area (Å²) in [5.74, 6) is -0.153. The van der Waals surface area contributed by atoms with E-state index in [1.54, 1.807) is 4.90 Å². The van der Waals surface area contributed by atoms with Crippen molar-refractivity contribution in [1.29, 1.82) is 0 Å². The molecule has 1 saturated heterocycles. The van der Waals surface area contributed by atoms with Crippen molar-refractivity contribution in [2.24, 2.45) is 0 Å². The monoisotopic (exact) mass is 470 g/mol. The molecule has 2 amide bonds. The van der Waals surface area contributed by atoms with Gasteiger partial charge in [0.25, 0.3) is 0 Å². The van der Waals surface area contributed by atoms with Gasteiger partial charge in [-0.25, -0.2) is 0 Å². The number of nitrogens with one attached hydrogen (secondary N) is 1. The van der Waals surface area contributed by atoms with Crippen LogP contribution in [-0.4, -0.2) is 42.0 Å². The molecule has 4 rings (SSSR count). The van der Waals surface area contributed by atoms with Crippen LogP contribution in [0, 0.1) is 0 Å². The minimum Gasteiger partial charge on any atom is -0.376 e. The van der Waals surface area contributed by atoms with Gasteiger partial charge < -0.3 is 15.0 Å². The average Bonchev–Trinajstić information content (AvgIpc) is 3.43. The Labute approximate surface area is 208 Å². The normalized spacial score (nSPS) is 15.9. The first kappa shape index (κ1) is 24.7. The van der Waals surface area contributed by atoms with E-state index in [2.05, 4.69) is 5.32 Å². The van der Waals surface area contributed by atoms with E-state index in [-0.39, 0.29) is 17.9 Å². The highest BCUT2D eigenvalue weighted by Crippen LogP contribution is 2.17. The van der Waals surface area contributed by atoms with Crippen molar-refractivity contribution in [2.75, 3.05) is 13.2 Å². The third-order valence-corrected chi connectivity index (χ3v) is 6.47. The summed E-state index contributed by atoms with van der Waals surface area (Å²) in [6, 6.07) is 29.2. The van der Waals surface area contributed by atoms with E-state index in [0.717, 1.165) is 36.1 Å². The summed E-state index contributed by atoms with van der Waals surface area (Å²) in [7, 11) is 0. The molecule has 5 nitrogen and oxygen atoms in total. The first-order chi connectivity index (χ1) is 17.2. The molecule has 0 aliphatic carbocycles. The first-order valence-corrected chi connectivity index (χ1v) is 12.5. The van der Waals surface area contributed by atoms with Crippen molar-refractivity contribution in [3.05, 3.63) is 108 Å². The van der Waals surface area contributed by atoms with Gasteiger partial charge in [0.1, 0.15) is 6.04 Å². The average molecular weight is 471 g/mol. The van der Waals surface area contributed by atoms with E-state index in [9.17, 15) is 9.59 Å². The lowest BCUT2D eigenvalue weighted by atomic mass is 10.0. The van der Waals surface area contributed by atoms with E-state index in [4.69, 9.17) is 4.74 Å². The summed E-state index contributed by atoms with van der Waals surface area (Å²) in [5.41, 5.74) is 3.15. The molecule has 0 aromatic heterocycles. The Morgan fingerprint density at radius 1 is 0.857 bits per heavy atom. The van der Waals surface area contributed by atoms with Gasteiger partial charge >= 0.3 is 0 Å². The number of ether oxygens (including phenoxy) is 1. The second-order valence-corrected chi connectivity index (χ2v) is 9.08. The number of carbonyl (C=O) groups is 2. The summed E-state index contributed by atoms with van der Waals surface area (Å²) in [6.07, 6.45) is 3.47. The molecular formula is C30H34N2O3. The van der Waals surface area contributed by atoms with Crippen molar-refractivity contribution in [3.63, 3.8) is 0 Å². The van der Waals surface area contributed by atoms with Gasteiger partial charge in [-0.2, -0.15) is 0 Å². The first-order valence-electron chi connectivity index (χ1n) is 12.5. The lowest BCUT2D eigenvalue weighted by Crippen LogP contribution is -2.51. The Morgan fingerprint density at radius 2 is 1.46 bits per heavy atom. The van der Waals surface area contributed by atoms with Crippen LogP contribution in [0.5, 0.6) is 0 Å². The molecule has 3 aromatic carbocycles. The summed E-state index contributed by atoms with van der Waals surface area (Å²) >= 11 is 0. The van der Waals surface area contributed by atoms with Crippen LogP contribution in [0.1, 0.15) is 36.0 Å². The molecule has 3 aromatic rings. The lowest BCUT2D eigenvalue weighted by Gasteiger charge is -2.32. The SMILES string of the molecule is O=C(NC[C@H]1CCCO1)[C@@H](Cc1ccccc1)N(Cc1ccccc1)C(=O)CCc1ccccc1. The van der Waals surface area contributed by atoms with Crippen LogP contribution in [0.3, 0.4) is 0 Å². The number of amides is 2.